The van der Waals surface area contributed by atoms with Crippen molar-refractivity contribution in [2.45, 2.75) is 19.0 Å². The molecule has 0 heterocycles. The van der Waals surface area contributed by atoms with Crippen LogP contribution in [0.15, 0.2) is 22.7 Å². The molecule has 1 aromatic carbocycles. The largest absolute Gasteiger partial charge is 0.417 e. The summed E-state index contributed by atoms with van der Waals surface area (Å²) in [5.41, 5.74) is -1.28. The molecular weight excluding hydrogens is 349 g/mol. The summed E-state index contributed by atoms with van der Waals surface area (Å²) in [5.74, 6) is -0.695. The van der Waals surface area contributed by atoms with E-state index in [0.717, 1.165) is 25.5 Å². The van der Waals surface area contributed by atoms with E-state index in [4.69, 9.17) is 0 Å². The molecule has 118 valence electrons. The maximum atomic E-state index is 12.9. The molecule has 0 spiro atoms. The third-order valence-corrected chi connectivity index (χ3v) is 3.34. The molecule has 1 amide bonds. The highest BCUT2D eigenvalue weighted by Crippen LogP contribution is 2.33. The van der Waals surface area contributed by atoms with Gasteiger partial charge in [-0.25, -0.2) is 0 Å². The molecule has 0 aliphatic carbocycles. The molecule has 1 aromatic rings. The predicted molar refractivity (Wildman–Crippen MR) is 79.3 cm³/mol. The Labute approximate surface area is 130 Å². The van der Waals surface area contributed by atoms with Gasteiger partial charge in [0.1, 0.15) is 0 Å². The van der Waals surface area contributed by atoms with Crippen molar-refractivity contribution < 1.29 is 18.0 Å². The summed E-state index contributed by atoms with van der Waals surface area (Å²) in [6.45, 7) is 1.24. The van der Waals surface area contributed by atoms with Gasteiger partial charge in [-0.1, -0.05) is 15.9 Å². The first-order chi connectivity index (χ1) is 9.71. The Hall–Kier alpha value is -1.08. The van der Waals surface area contributed by atoms with Gasteiger partial charge in [0.25, 0.3) is 5.91 Å². The number of hydrogen-bond acceptors (Lipinski definition) is 2. The molecule has 0 aromatic heterocycles. The van der Waals surface area contributed by atoms with Crippen LogP contribution >= 0.6 is 15.9 Å². The number of unbranched alkanes of at least 4 members (excludes halogenated alkanes) is 1. The van der Waals surface area contributed by atoms with Crippen LogP contribution in [0.5, 0.6) is 0 Å². The number of halogens is 4. The van der Waals surface area contributed by atoms with Crippen molar-refractivity contribution in [3.8, 4) is 0 Å². The van der Waals surface area contributed by atoms with Crippen LogP contribution in [0, 0.1) is 0 Å². The molecule has 0 saturated carbocycles. The van der Waals surface area contributed by atoms with Crippen molar-refractivity contribution in [2.75, 3.05) is 27.2 Å². The Balaban J connectivity index is 2.66. The summed E-state index contributed by atoms with van der Waals surface area (Å²) in [5, 5.41) is 2.53. The Bertz CT molecular complexity index is 490. The number of benzene rings is 1. The second-order valence-electron chi connectivity index (χ2n) is 4.95. The van der Waals surface area contributed by atoms with E-state index in [-0.39, 0.29) is 10.0 Å². The second kappa shape index (κ2) is 7.79. The molecular formula is C14H18BrF3N2O. The van der Waals surface area contributed by atoms with Crippen LogP contribution in [0.3, 0.4) is 0 Å². The number of carbonyl (C=O) groups is 1. The lowest BCUT2D eigenvalue weighted by Gasteiger charge is -2.14. The van der Waals surface area contributed by atoms with E-state index >= 15 is 0 Å². The SMILES string of the molecule is CN(C)CCCCNC(=O)c1ccc(Br)cc1C(F)(F)F. The quantitative estimate of drug-likeness (QED) is 0.781. The van der Waals surface area contributed by atoms with Crippen LogP contribution < -0.4 is 5.32 Å². The van der Waals surface area contributed by atoms with E-state index in [0.29, 0.717) is 6.54 Å². The number of amides is 1. The smallest absolute Gasteiger partial charge is 0.352 e. The average molecular weight is 367 g/mol. The van der Waals surface area contributed by atoms with E-state index in [1.165, 1.54) is 12.1 Å². The number of hydrogen-bond donors (Lipinski definition) is 1. The molecule has 0 bridgehead atoms. The van der Waals surface area contributed by atoms with Gasteiger partial charge in [-0.3, -0.25) is 4.79 Å². The Morgan fingerprint density at radius 2 is 1.95 bits per heavy atom. The molecule has 0 radical (unpaired) electrons. The zero-order chi connectivity index (χ0) is 16.0. The Morgan fingerprint density at radius 1 is 1.29 bits per heavy atom. The van der Waals surface area contributed by atoms with Crippen LogP contribution in [0.2, 0.25) is 0 Å². The van der Waals surface area contributed by atoms with Crippen molar-refractivity contribution >= 4 is 21.8 Å². The monoisotopic (exact) mass is 366 g/mol. The zero-order valence-corrected chi connectivity index (χ0v) is 13.5. The van der Waals surface area contributed by atoms with E-state index in [2.05, 4.69) is 21.2 Å². The first-order valence-electron chi connectivity index (χ1n) is 6.51. The van der Waals surface area contributed by atoms with Gasteiger partial charge >= 0.3 is 6.18 Å². The van der Waals surface area contributed by atoms with Crippen molar-refractivity contribution in [2.24, 2.45) is 0 Å². The standard InChI is InChI=1S/C14H18BrF3N2O/c1-20(2)8-4-3-7-19-13(21)11-6-5-10(15)9-12(11)14(16,17)18/h5-6,9H,3-4,7-8H2,1-2H3,(H,19,21). The number of carbonyl (C=O) groups excluding carboxylic acids is 1. The minimum atomic E-state index is -4.55. The minimum absolute atomic E-state index is 0.289. The van der Waals surface area contributed by atoms with Crippen molar-refractivity contribution in [3.63, 3.8) is 0 Å². The molecule has 0 saturated heterocycles. The van der Waals surface area contributed by atoms with Crippen molar-refractivity contribution in [1.29, 1.82) is 0 Å². The van der Waals surface area contributed by atoms with Gasteiger partial charge < -0.3 is 10.2 Å². The lowest BCUT2D eigenvalue weighted by Crippen LogP contribution is -2.27. The highest BCUT2D eigenvalue weighted by Gasteiger charge is 2.35. The molecule has 21 heavy (non-hydrogen) atoms. The molecule has 3 nitrogen and oxygen atoms in total. The van der Waals surface area contributed by atoms with Crippen LogP contribution in [0.1, 0.15) is 28.8 Å². The maximum absolute atomic E-state index is 12.9. The van der Waals surface area contributed by atoms with Gasteiger partial charge in [0.15, 0.2) is 0 Å². The van der Waals surface area contributed by atoms with Gasteiger partial charge in [-0.2, -0.15) is 13.2 Å². The molecule has 1 rings (SSSR count). The first-order valence-corrected chi connectivity index (χ1v) is 7.31. The number of alkyl halides is 3. The lowest BCUT2D eigenvalue weighted by molar-refractivity contribution is -0.138. The number of rotatable bonds is 6. The van der Waals surface area contributed by atoms with Crippen LogP contribution in [0.4, 0.5) is 13.2 Å². The first kappa shape index (κ1) is 18.0. The fourth-order valence-electron chi connectivity index (χ4n) is 1.80. The Morgan fingerprint density at radius 3 is 2.52 bits per heavy atom. The molecule has 0 unspecified atom stereocenters. The van der Waals surface area contributed by atoms with E-state index in [1.807, 2.05) is 19.0 Å². The summed E-state index contributed by atoms with van der Waals surface area (Å²) in [6, 6.07) is 3.53. The summed E-state index contributed by atoms with van der Waals surface area (Å²) >= 11 is 2.99. The fourth-order valence-corrected chi connectivity index (χ4v) is 2.16. The van der Waals surface area contributed by atoms with E-state index in [1.54, 1.807) is 0 Å². The van der Waals surface area contributed by atoms with Crippen LogP contribution in [0.25, 0.3) is 0 Å². The Kier molecular flexibility index (Phi) is 6.67. The van der Waals surface area contributed by atoms with Gasteiger partial charge in [-0.05, 0) is 51.7 Å². The topological polar surface area (TPSA) is 32.3 Å². The summed E-state index contributed by atoms with van der Waals surface area (Å²) in [4.78, 5) is 13.9. The van der Waals surface area contributed by atoms with E-state index in [9.17, 15) is 18.0 Å². The van der Waals surface area contributed by atoms with Gasteiger partial charge in [0, 0.05) is 11.0 Å². The molecule has 0 atom stereocenters. The highest BCUT2D eigenvalue weighted by atomic mass is 79.9. The van der Waals surface area contributed by atoms with Crippen molar-refractivity contribution in [3.05, 3.63) is 33.8 Å². The third-order valence-electron chi connectivity index (χ3n) is 2.85. The fraction of sp³-hybridized carbons (Fsp3) is 0.500. The van der Waals surface area contributed by atoms with Gasteiger partial charge in [0.2, 0.25) is 0 Å². The molecule has 1 N–H and O–H groups in total. The lowest BCUT2D eigenvalue weighted by atomic mass is 10.1. The molecule has 7 heteroatoms. The summed E-state index contributed by atoms with van der Waals surface area (Å²) in [7, 11) is 3.88. The molecule has 0 fully saturated rings. The third kappa shape index (κ3) is 6.05. The molecule has 0 aliphatic heterocycles. The predicted octanol–water partition coefficient (Wildman–Crippen LogP) is 3.54. The maximum Gasteiger partial charge on any atom is 0.417 e. The summed E-state index contributed by atoms with van der Waals surface area (Å²) < 4.78 is 39.0. The summed E-state index contributed by atoms with van der Waals surface area (Å²) in [6.07, 6.45) is -2.96. The second-order valence-corrected chi connectivity index (χ2v) is 5.87. The van der Waals surface area contributed by atoms with Gasteiger partial charge in [0.05, 0.1) is 11.1 Å². The average Bonchev–Trinajstić information content (AvgIpc) is 2.36. The van der Waals surface area contributed by atoms with Crippen LogP contribution in [-0.4, -0.2) is 38.0 Å². The highest BCUT2D eigenvalue weighted by molar-refractivity contribution is 9.10. The normalized spacial score (nSPS) is 11.8. The van der Waals surface area contributed by atoms with Crippen molar-refractivity contribution in [1.82, 2.24) is 10.2 Å². The minimum Gasteiger partial charge on any atom is -0.352 e. The van der Waals surface area contributed by atoms with E-state index < -0.39 is 17.6 Å². The zero-order valence-electron chi connectivity index (χ0n) is 11.9. The molecule has 0 aliphatic rings. The number of nitrogens with zero attached hydrogens (tertiary/aromatic N) is 1. The number of nitrogens with one attached hydrogen (secondary N) is 1. The van der Waals surface area contributed by atoms with Crippen LogP contribution in [-0.2, 0) is 6.18 Å². The van der Waals surface area contributed by atoms with Gasteiger partial charge in [-0.15, -0.1) is 0 Å².